The van der Waals surface area contributed by atoms with E-state index in [9.17, 15) is 9.18 Å². The van der Waals surface area contributed by atoms with E-state index in [1.165, 1.54) is 12.1 Å². The quantitative estimate of drug-likeness (QED) is 0.781. The maximum atomic E-state index is 13.1. The van der Waals surface area contributed by atoms with Gasteiger partial charge >= 0.3 is 0 Å². The van der Waals surface area contributed by atoms with Crippen molar-refractivity contribution in [2.45, 2.75) is 6.42 Å². The molecular weight excluding hydrogens is 350 g/mol. The van der Waals surface area contributed by atoms with E-state index in [-0.39, 0.29) is 11.7 Å². The van der Waals surface area contributed by atoms with E-state index in [0.717, 1.165) is 18.7 Å². The number of carbonyl (C=O) groups excluding carboxylic acids is 1. The minimum absolute atomic E-state index is 0.0855. The number of carbonyl (C=O) groups is 1. The molecular formula is C18H17Cl2FN2O. The lowest BCUT2D eigenvalue weighted by Crippen LogP contribution is -2.35. The summed E-state index contributed by atoms with van der Waals surface area (Å²) in [6, 6.07) is 11.4. The Morgan fingerprint density at radius 2 is 1.71 bits per heavy atom. The second kappa shape index (κ2) is 7.41. The molecule has 2 aromatic carbocycles. The number of rotatable bonds is 2. The first-order chi connectivity index (χ1) is 11.5. The number of nitrogens with zero attached hydrogens (tertiary/aromatic N) is 2. The van der Waals surface area contributed by atoms with Gasteiger partial charge in [-0.25, -0.2) is 4.39 Å². The molecule has 126 valence electrons. The van der Waals surface area contributed by atoms with Crippen LogP contribution in [0.15, 0.2) is 42.5 Å². The predicted molar refractivity (Wildman–Crippen MR) is 95.6 cm³/mol. The second-order valence-corrected chi connectivity index (χ2v) is 6.58. The van der Waals surface area contributed by atoms with Gasteiger partial charge in [0, 0.05) is 36.9 Å². The topological polar surface area (TPSA) is 23.6 Å². The van der Waals surface area contributed by atoms with Gasteiger partial charge in [-0.2, -0.15) is 0 Å². The summed E-state index contributed by atoms with van der Waals surface area (Å²) in [5, 5.41) is 0.877. The molecule has 24 heavy (non-hydrogen) atoms. The first-order valence-corrected chi connectivity index (χ1v) is 8.55. The average Bonchev–Trinajstić information content (AvgIpc) is 2.81. The van der Waals surface area contributed by atoms with Crippen LogP contribution >= 0.6 is 23.2 Å². The van der Waals surface area contributed by atoms with Crippen molar-refractivity contribution in [3.8, 4) is 0 Å². The van der Waals surface area contributed by atoms with Crippen molar-refractivity contribution in [3.63, 3.8) is 0 Å². The largest absolute Gasteiger partial charge is 0.370 e. The van der Waals surface area contributed by atoms with Crippen LogP contribution in [-0.2, 0) is 0 Å². The highest BCUT2D eigenvalue weighted by Gasteiger charge is 2.22. The van der Waals surface area contributed by atoms with Crippen molar-refractivity contribution in [3.05, 3.63) is 63.9 Å². The molecule has 0 aliphatic carbocycles. The monoisotopic (exact) mass is 366 g/mol. The SMILES string of the molecule is O=C(c1ccc(Cl)cc1Cl)N1CCCN(c2ccc(F)cc2)CC1. The third kappa shape index (κ3) is 3.82. The molecule has 0 atom stereocenters. The molecule has 1 amide bonds. The third-order valence-electron chi connectivity index (χ3n) is 4.14. The fourth-order valence-corrected chi connectivity index (χ4v) is 3.35. The van der Waals surface area contributed by atoms with E-state index in [2.05, 4.69) is 4.90 Å². The fraction of sp³-hybridized carbons (Fsp3) is 0.278. The van der Waals surface area contributed by atoms with Gasteiger partial charge < -0.3 is 9.80 Å². The highest BCUT2D eigenvalue weighted by atomic mass is 35.5. The van der Waals surface area contributed by atoms with Crippen LogP contribution in [0.5, 0.6) is 0 Å². The zero-order chi connectivity index (χ0) is 17.1. The van der Waals surface area contributed by atoms with E-state index in [1.54, 1.807) is 35.2 Å². The summed E-state index contributed by atoms with van der Waals surface area (Å²) in [7, 11) is 0. The van der Waals surface area contributed by atoms with Crippen molar-refractivity contribution in [1.82, 2.24) is 4.90 Å². The van der Waals surface area contributed by atoms with Gasteiger partial charge in [-0.3, -0.25) is 4.79 Å². The number of hydrogen-bond acceptors (Lipinski definition) is 2. The van der Waals surface area contributed by atoms with Gasteiger partial charge in [0.2, 0.25) is 0 Å². The molecule has 6 heteroatoms. The molecule has 1 aliphatic heterocycles. The van der Waals surface area contributed by atoms with Crippen LogP contribution < -0.4 is 4.90 Å². The van der Waals surface area contributed by atoms with Gasteiger partial charge in [0.25, 0.3) is 5.91 Å². The molecule has 3 nitrogen and oxygen atoms in total. The first kappa shape index (κ1) is 17.1. The Balaban J connectivity index is 1.71. The highest BCUT2D eigenvalue weighted by Crippen LogP contribution is 2.23. The third-order valence-corrected chi connectivity index (χ3v) is 4.68. The number of halogens is 3. The lowest BCUT2D eigenvalue weighted by Gasteiger charge is -2.24. The van der Waals surface area contributed by atoms with E-state index in [1.807, 2.05) is 0 Å². The zero-order valence-electron chi connectivity index (χ0n) is 13.0. The van der Waals surface area contributed by atoms with Crippen molar-refractivity contribution >= 4 is 34.8 Å². The Hall–Kier alpha value is -1.78. The molecule has 0 aromatic heterocycles. The molecule has 0 bridgehead atoms. The van der Waals surface area contributed by atoms with Crippen LogP contribution in [0.2, 0.25) is 10.0 Å². The average molecular weight is 367 g/mol. The van der Waals surface area contributed by atoms with Crippen molar-refractivity contribution in [2.24, 2.45) is 0 Å². The first-order valence-electron chi connectivity index (χ1n) is 7.79. The van der Waals surface area contributed by atoms with Gasteiger partial charge in [-0.05, 0) is 48.9 Å². The summed E-state index contributed by atoms with van der Waals surface area (Å²) in [5.41, 5.74) is 1.44. The summed E-state index contributed by atoms with van der Waals surface area (Å²) in [5.74, 6) is -0.333. The Kier molecular flexibility index (Phi) is 5.27. The highest BCUT2D eigenvalue weighted by molar-refractivity contribution is 6.36. The van der Waals surface area contributed by atoms with Crippen LogP contribution in [0.4, 0.5) is 10.1 Å². The lowest BCUT2D eigenvalue weighted by atomic mass is 10.2. The molecule has 1 aliphatic rings. The van der Waals surface area contributed by atoms with Gasteiger partial charge in [0.05, 0.1) is 10.6 Å². The molecule has 1 heterocycles. The summed E-state index contributed by atoms with van der Waals surface area (Å²) in [6.07, 6.45) is 0.842. The van der Waals surface area contributed by atoms with Gasteiger partial charge in [-0.1, -0.05) is 23.2 Å². The Bertz CT molecular complexity index is 736. The van der Waals surface area contributed by atoms with Crippen LogP contribution in [0.25, 0.3) is 0 Å². The lowest BCUT2D eigenvalue weighted by molar-refractivity contribution is 0.0767. The number of amides is 1. The Labute approximate surface area is 150 Å². The maximum absolute atomic E-state index is 13.1. The van der Waals surface area contributed by atoms with Gasteiger partial charge in [0.1, 0.15) is 5.82 Å². The molecule has 0 N–H and O–H groups in total. The van der Waals surface area contributed by atoms with Crippen molar-refractivity contribution in [1.29, 1.82) is 0 Å². The molecule has 1 saturated heterocycles. The normalized spacial score (nSPS) is 15.3. The Morgan fingerprint density at radius 3 is 2.42 bits per heavy atom. The summed E-state index contributed by atoms with van der Waals surface area (Å²) < 4.78 is 13.1. The minimum Gasteiger partial charge on any atom is -0.370 e. The standard InChI is InChI=1S/C18H17Cl2FN2O/c19-13-2-7-16(17(20)12-13)18(24)23-9-1-8-22(10-11-23)15-5-3-14(21)4-6-15/h2-7,12H,1,8-11H2. The van der Waals surface area contributed by atoms with E-state index >= 15 is 0 Å². The molecule has 2 aromatic rings. The van der Waals surface area contributed by atoms with Gasteiger partial charge in [0.15, 0.2) is 0 Å². The van der Waals surface area contributed by atoms with Gasteiger partial charge in [-0.15, -0.1) is 0 Å². The maximum Gasteiger partial charge on any atom is 0.255 e. The molecule has 0 spiro atoms. The molecule has 0 radical (unpaired) electrons. The van der Waals surface area contributed by atoms with Crippen LogP contribution in [0, 0.1) is 5.82 Å². The van der Waals surface area contributed by atoms with Crippen LogP contribution in [-0.4, -0.2) is 37.0 Å². The van der Waals surface area contributed by atoms with Crippen LogP contribution in [0.3, 0.4) is 0 Å². The van der Waals surface area contributed by atoms with Crippen LogP contribution in [0.1, 0.15) is 16.8 Å². The van der Waals surface area contributed by atoms with E-state index < -0.39 is 0 Å². The van der Waals surface area contributed by atoms with E-state index in [0.29, 0.717) is 35.2 Å². The molecule has 3 rings (SSSR count). The molecule has 0 unspecified atom stereocenters. The number of hydrogen-bond donors (Lipinski definition) is 0. The molecule has 0 saturated carbocycles. The number of benzene rings is 2. The summed E-state index contributed by atoms with van der Waals surface area (Å²) in [4.78, 5) is 16.7. The smallest absolute Gasteiger partial charge is 0.255 e. The summed E-state index contributed by atoms with van der Waals surface area (Å²) in [6.45, 7) is 2.77. The van der Waals surface area contributed by atoms with E-state index in [4.69, 9.17) is 23.2 Å². The fourth-order valence-electron chi connectivity index (χ4n) is 2.86. The van der Waals surface area contributed by atoms with Crippen molar-refractivity contribution < 1.29 is 9.18 Å². The summed E-state index contributed by atoms with van der Waals surface area (Å²) >= 11 is 12.0. The minimum atomic E-state index is -0.247. The Morgan fingerprint density at radius 1 is 0.958 bits per heavy atom. The second-order valence-electron chi connectivity index (χ2n) is 5.73. The number of anilines is 1. The zero-order valence-corrected chi connectivity index (χ0v) is 14.5. The predicted octanol–water partition coefficient (Wildman–Crippen LogP) is 4.49. The molecule has 1 fully saturated rings. The van der Waals surface area contributed by atoms with Crippen molar-refractivity contribution in [2.75, 3.05) is 31.1 Å².